The Morgan fingerprint density at radius 1 is 0.281 bits per heavy atom. The third kappa shape index (κ3) is 70.5. The predicted octanol–water partition coefficient (Wildman–Crippen LogP) is 22.9. The van der Waals surface area contributed by atoms with Crippen LogP contribution in [0, 0.1) is 5.92 Å². The molecule has 0 fully saturated rings. The van der Waals surface area contributed by atoms with Gasteiger partial charge in [-0.2, -0.15) is 0 Å². The van der Waals surface area contributed by atoms with E-state index in [9.17, 15) is 43.2 Å². The molecule has 0 aromatic rings. The van der Waals surface area contributed by atoms with Crippen molar-refractivity contribution in [3.63, 3.8) is 0 Å². The van der Waals surface area contributed by atoms with Gasteiger partial charge in [0.05, 0.1) is 26.4 Å². The van der Waals surface area contributed by atoms with E-state index in [2.05, 4.69) is 34.6 Å². The van der Waals surface area contributed by atoms with Crippen LogP contribution in [-0.4, -0.2) is 96.7 Å². The molecular weight excluding hydrogens is 1260 g/mol. The molecule has 570 valence electrons. The van der Waals surface area contributed by atoms with Crippen LogP contribution in [0.5, 0.6) is 0 Å². The Bertz CT molecular complexity index is 1840. The molecule has 17 nitrogen and oxygen atoms in total. The van der Waals surface area contributed by atoms with Crippen molar-refractivity contribution < 1.29 is 80.2 Å². The second-order valence-corrected chi connectivity index (χ2v) is 31.1. The predicted molar refractivity (Wildman–Crippen MR) is 391 cm³/mol. The van der Waals surface area contributed by atoms with E-state index in [-0.39, 0.29) is 25.7 Å². The number of rotatable bonds is 77. The zero-order valence-corrected chi connectivity index (χ0v) is 64.3. The summed E-state index contributed by atoms with van der Waals surface area (Å²) in [6.45, 7) is 7.31. The number of ether oxygens (including phenoxy) is 4. The molecule has 0 radical (unpaired) electrons. The van der Waals surface area contributed by atoms with Crippen molar-refractivity contribution in [3.05, 3.63) is 0 Å². The SMILES string of the molecule is CCCCCCCCCCCCCCCCCCCCC(=O)O[C@H](COC(=O)CCCCCCCCCCCCCCCCC(C)C)COP(=O)(O)OC[C@@H](O)COP(=O)(O)OC[C@@H](COC(=O)CCCCCCCCCCC)OC(=O)CCCCCCCCCCCCCC. The summed E-state index contributed by atoms with van der Waals surface area (Å²) in [5.41, 5.74) is 0. The molecular formula is C77H150O17P2. The maximum atomic E-state index is 13.1. The normalized spacial score (nSPS) is 13.9. The molecule has 2 unspecified atom stereocenters. The Balaban J connectivity index is 5.22. The highest BCUT2D eigenvalue weighted by Gasteiger charge is 2.30. The molecule has 0 aromatic heterocycles. The van der Waals surface area contributed by atoms with E-state index >= 15 is 0 Å². The maximum Gasteiger partial charge on any atom is 0.472 e. The van der Waals surface area contributed by atoms with E-state index < -0.39 is 97.5 Å². The summed E-state index contributed by atoms with van der Waals surface area (Å²) < 4.78 is 68.5. The first-order valence-corrected chi connectivity index (χ1v) is 43.1. The van der Waals surface area contributed by atoms with Crippen LogP contribution in [0.25, 0.3) is 0 Å². The van der Waals surface area contributed by atoms with Gasteiger partial charge in [-0.3, -0.25) is 37.3 Å². The summed E-state index contributed by atoms with van der Waals surface area (Å²) in [5.74, 6) is -1.31. The van der Waals surface area contributed by atoms with Gasteiger partial charge < -0.3 is 33.8 Å². The fraction of sp³-hybridized carbons (Fsp3) is 0.948. The first-order chi connectivity index (χ1) is 46.5. The molecule has 3 N–H and O–H groups in total. The topological polar surface area (TPSA) is 237 Å². The lowest BCUT2D eigenvalue weighted by atomic mass is 10.0. The van der Waals surface area contributed by atoms with E-state index in [0.29, 0.717) is 25.7 Å². The Labute approximate surface area is 588 Å². The molecule has 0 saturated carbocycles. The number of carbonyl (C=O) groups is 4. The van der Waals surface area contributed by atoms with Gasteiger partial charge in [0.1, 0.15) is 19.3 Å². The molecule has 0 aliphatic carbocycles. The van der Waals surface area contributed by atoms with E-state index in [1.54, 1.807) is 0 Å². The monoisotopic (exact) mass is 1410 g/mol. The number of unbranched alkanes of at least 4 members (excludes halogenated alkanes) is 49. The van der Waals surface area contributed by atoms with Crippen LogP contribution in [0.2, 0.25) is 0 Å². The lowest BCUT2D eigenvalue weighted by molar-refractivity contribution is -0.161. The van der Waals surface area contributed by atoms with Crippen LogP contribution in [0.4, 0.5) is 0 Å². The average Bonchev–Trinajstić information content (AvgIpc) is 1.94. The van der Waals surface area contributed by atoms with Crippen LogP contribution in [0.1, 0.15) is 407 Å². The zero-order chi connectivity index (χ0) is 70.5. The van der Waals surface area contributed by atoms with E-state index in [0.717, 1.165) is 95.8 Å². The fourth-order valence-corrected chi connectivity index (χ4v) is 13.5. The Hall–Kier alpha value is -1.94. The van der Waals surface area contributed by atoms with Gasteiger partial charge in [-0.15, -0.1) is 0 Å². The Morgan fingerprint density at radius 3 is 0.708 bits per heavy atom. The van der Waals surface area contributed by atoms with Crippen molar-refractivity contribution in [3.8, 4) is 0 Å². The lowest BCUT2D eigenvalue weighted by Gasteiger charge is -2.21. The number of aliphatic hydroxyl groups is 1. The van der Waals surface area contributed by atoms with Crippen LogP contribution < -0.4 is 0 Å². The second-order valence-electron chi connectivity index (χ2n) is 28.2. The minimum atomic E-state index is -4.96. The molecule has 0 aromatic carbocycles. The van der Waals surface area contributed by atoms with Gasteiger partial charge in [-0.25, -0.2) is 9.13 Å². The molecule has 96 heavy (non-hydrogen) atoms. The van der Waals surface area contributed by atoms with Crippen molar-refractivity contribution in [1.29, 1.82) is 0 Å². The number of carbonyl (C=O) groups excluding carboxylic acids is 4. The highest BCUT2D eigenvalue weighted by atomic mass is 31.2. The quantitative estimate of drug-likeness (QED) is 0.0222. The minimum Gasteiger partial charge on any atom is -0.462 e. The Kier molecular flexibility index (Phi) is 68.7. The molecule has 0 spiro atoms. The molecule has 5 atom stereocenters. The van der Waals surface area contributed by atoms with Crippen molar-refractivity contribution in [1.82, 2.24) is 0 Å². The largest absolute Gasteiger partial charge is 0.472 e. The minimum absolute atomic E-state index is 0.108. The van der Waals surface area contributed by atoms with Crippen molar-refractivity contribution in [2.45, 2.75) is 425 Å². The number of phosphoric ester groups is 2. The molecule has 0 amide bonds. The number of aliphatic hydroxyl groups excluding tert-OH is 1. The average molecular weight is 1410 g/mol. The van der Waals surface area contributed by atoms with Crippen LogP contribution in [0.3, 0.4) is 0 Å². The molecule has 0 rings (SSSR count). The summed E-state index contributed by atoms with van der Waals surface area (Å²) in [7, 11) is -9.91. The standard InChI is InChI=1S/C77H150O17P2/c1-6-9-12-15-18-21-23-25-26-27-28-29-34-38-43-48-53-58-63-77(82)94-73(67-88-75(80)61-56-51-46-41-37-33-31-30-32-35-40-44-49-54-59-70(4)5)69-92-96(85,86)90-65-71(78)64-89-95(83,84)91-68-72(66-87-74(79)60-55-50-45-39-20-17-14-11-8-3)93-76(81)62-57-52-47-42-36-24-22-19-16-13-10-7-2/h70-73,78H,6-69H2,1-5H3,(H,83,84)(H,85,86)/t71-,72+,73+/m0/s1. The highest BCUT2D eigenvalue weighted by molar-refractivity contribution is 7.47. The summed E-state index contributed by atoms with van der Waals surface area (Å²) in [6, 6.07) is 0. The second kappa shape index (κ2) is 70.1. The highest BCUT2D eigenvalue weighted by Crippen LogP contribution is 2.45. The number of phosphoric acid groups is 2. The number of hydrogen-bond donors (Lipinski definition) is 3. The van der Waals surface area contributed by atoms with Gasteiger partial charge in [-0.1, -0.05) is 356 Å². The number of esters is 4. The van der Waals surface area contributed by atoms with Gasteiger partial charge in [0.2, 0.25) is 0 Å². The molecule has 0 aliphatic heterocycles. The van der Waals surface area contributed by atoms with E-state index in [4.69, 9.17) is 37.0 Å². The summed E-state index contributed by atoms with van der Waals surface area (Å²) in [5, 5.41) is 10.6. The fourth-order valence-electron chi connectivity index (χ4n) is 11.9. The molecule has 0 heterocycles. The van der Waals surface area contributed by atoms with Gasteiger partial charge in [-0.05, 0) is 31.6 Å². The van der Waals surface area contributed by atoms with Crippen LogP contribution in [-0.2, 0) is 65.4 Å². The van der Waals surface area contributed by atoms with Crippen molar-refractivity contribution in [2.24, 2.45) is 5.92 Å². The van der Waals surface area contributed by atoms with Crippen LogP contribution in [0.15, 0.2) is 0 Å². The third-order valence-corrected chi connectivity index (χ3v) is 19.9. The Morgan fingerprint density at radius 2 is 0.479 bits per heavy atom. The van der Waals surface area contributed by atoms with Crippen LogP contribution >= 0.6 is 15.6 Å². The summed E-state index contributed by atoms with van der Waals surface area (Å²) in [4.78, 5) is 72.8. The van der Waals surface area contributed by atoms with Gasteiger partial charge >= 0.3 is 39.5 Å². The third-order valence-electron chi connectivity index (χ3n) is 18.0. The summed E-state index contributed by atoms with van der Waals surface area (Å²) in [6.07, 6.45) is 59.6. The van der Waals surface area contributed by atoms with Crippen molar-refractivity contribution >= 4 is 39.5 Å². The molecule has 0 aliphatic rings. The molecule has 19 heteroatoms. The van der Waals surface area contributed by atoms with Crippen molar-refractivity contribution in [2.75, 3.05) is 39.6 Å². The van der Waals surface area contributed by atoms with Gasteiger partial charge in [0.25, 0.3) is 0 Å². The van der Waals surface area contributed by atoms with E-state index in [1.165, 1.54) is 231 Å². The van der Waals surface area contributed by atoms with Gasteiger partial charge in [0, 0.05) is 25.7 Å². The lowest BCUT2D eigenvalue weighted by Crippen LogP contribution is -2.30. The smallest absolute Gasteiger partial charge is 0.462 e. The van der Waals surface area contributed by atoms with E-state index in [1.807, 2.05) is 0 Å². The summed E-state index contributed by atoms with van der Waals surface area (Å²) >= 11 is 0. The first-order valence-electron chi connectivity index (χ1n) is 40.1. The molecule has 0 saturated heterocycles. The zero-order valence-electron chi connectivity index (χ0n) is 62.5. The first kappa shape index (κ1) is 94.1. The molecule has 0 bridgehead atoms. The van der Waals surface area contributed by atoms with Gasteiger partial charge in [0.15, 0.2) is 12.2 Å². The number of hydrogen-bond acceptors (Lipinski definition) is 15. The maximum absolute atomic E-state index is 13.1.